The van der Waals surface area contributed by atoms with Crippen LogP contribution in [0.25, 0.3) is 0 Å². The number of hydrogen-bond donors (Lipinski definition) is 2. The van der Waals surface area contributed by atoms with Crippen LogP contribution in [0.5, 0.6) is 17.2 Å². The van der Waals surface area contributed by atoms with Crippen LogP contribution in [0.2, 0.25) is 0 Å². The molecule has 2 aliphatic carbocycles. The average molecular weight is 836 g/mol. The minimum absolute atomic E-state index is 0.0445. The summed E-state index contributed by atoms with van der Waals surface area (Å²) in [5.41, 5.74) is 4.71. The Labute approximate surface area is 362 Å². The molecule has 3 aromatic carbocycles. The van der Waals surface area contributed by atoms with E-state index in [1.165, 1.54) is 0 Å². The zero-order valence-corrected chi connectivity index (χ0v) is 36.1. The van der Waals surface area contributed by atoms with Crippen molar-refractivity contribution in [2.24, 2.45) is 22.9 Å². The number of methoxy groups -OCH3 is 1. The van der Waals surface area contributed by atoms with Gasteiger partial charge in [-0.15, -0.1) is 6.58 Å². The molecule has 1 amide bonds. The molecule has 0 aromatic heterocycles. The van der Waals surface area contributed by atoms with Crippen molar-refractivity contribution in [3.05, 3.63) is 114 Å². The summed E-state index contributed by atoms with van der Waals surface area (Å²) in [4.78, 5) is 25.5. The number of unbranched alkanes of at least 4 members (excludes halogenated alkanes) is 2. The lowest BCUT2D eigenvalue weighted by Crippen LogP contribution is -2.70. The van der Waals surface area contributed by atoms with E-state index in [4.69, 9.17) is 28.9 Å². The highest BCUT2D eigenvalue weighted by Gasteiger charge is 2.65. The summed E-state index contributed by atoms with van der Waals surface area (Å²) >= 11 is 0. The zero-order valence-electron chi connectivity index (χ0n) is 36.1. The molecule has 3 aromatic rings. The number of rotatable bonds is 24. The number of nitrogens with zero attached hydrogens (tertiary/aromatic N) is 3. The van der Waals surface area contributed by atoms with Crippen molar-refractivity contribution in [3.8, 4) is 17.2 Å². The van der Waals surface area contributed by atoms with Gasteiger partial charge in [0.2, 0.25) is 11.7 Å². The zero-order chi connectivity index (χ0) is 42.6. The Bertz CT molecular complexity index is 1970. The number of oxime groups is 1. The predicted molar refractivity (Wildman–Crippen MR) is 237 cm³/mol. The third-order valence-electron chi connectivity index (χ3n) is 12.8. The first-order chi connectivity index (χ1) is 29.9. The third-order valence-corrected chi connectivity index (χ3v) is 12.8. The molecule has 7 rings (SSSR count). The smallest absolute Gasteiger partial charge is 0.239 e. The second kappa shape index (κ2) is 21.4. The summed E-state index contributed by atoms with van der Waals surface area (Å²) < 4.78 is 26.5. The lowest BCUT2D eigenvalue weighted by atomic mass is 9.55. The number of amides is 1. The maximum absolute atomic E-state index is 14.9. The number of hydrogen-bond acceptors (Lipinski definition) is 10. The monoisotopic (exact) mass is 835 g/mol. The van der Waals surface area contributed by atoms with Crippen molar-refractivity contribution in [3.63, 3.8) is 0 Å². The van der Waals surface area contributed by atoms with Gasteiger partial charge in [-0.05, 0) is 91.0 Å². The fraction of sp³-hybridized carbons (Fsp3) is 0.520. The van der Waals surface area contributed by atoms with E-state index in [-0.39, 0.29) is 55.8 Å². The number of carbonyl (C=O) groups excluding carboxylic acids is 1. The van der Waals surface area contributed by atoms with Gasteiger partial charge < -0.3 is 38.9 Å². The van der Waals surface area contributed by atoms with Gasteiger partial charge in [0.1, 0.15) is 36.5 Å². The number of carbonyl (C=O) groups is 1. The minimum atomic E-state index is -1.32. The van der Waals surface area contributed by atoms with Gasteiger partial charge in [-0.25, -0.2) is 0 Å². The molecule has 1 saturated heterocycles. The Morgan fingerprint density at radius 2 is 1.77 bits per heavy atom. The normalized spacial score (nSPS) is 24.5. The van der Waals surface area contributed by atoms with Crippen LogP contribution in [-0.2, 0) is 27.4 Å². The fourth-order valence-corrected chi connectivity index (χ4v) is 9.84. The van der Waals surface area contributed by atoms with Crippen molar-refractivity contribution < 1.29 is 38.8 Å². The number of aliphatic hydroxyl groups is 2. The van der Waals surface area contributed by atoms with Gasteiger partial charge in [-0.2, -0.15) is 0 Å². The van der Waals surface area contributed by atoms with E-state index in [0.717, 1.165) is 85.5 Å². The van der Waals surface area contributed by atoms with Crippen LogP contribution in [0, 0.1) is 17.8 Å². The second-order valence-electron chi connectivity index (χ2n) is 16.8. The molecule has 328 valence electrons. The van der Waals surface area contributed by atoms with Crippen LogP contribution >= 0.6 is 0 Å². The van der Waals surface area contributed by atoms with Gasteiger partial charge in [-0.1, -0.05) is 79.5 Å². The maximum Gasteiger partial charge on any atom is 0.239 e. The van der Waals surface area contributed by atoms with Gasteiger partial charge >= 0.3 is 0 Å². The fourth-order valence-electron chi connectivity index (χ4n) is 9.84. The molecule has 2 N–H and O–H groups in total. The molecule has 0 radical (unpaired) electrons. The number of aliphatic hydroxyl groups excluding tert-OH is 2. The highest BCUT2D eigenvalue weighted by Crippen LogP contribution is 2.62. The quantitative estimate of drug-likeness (QED) is 0.0405. The minimum Gasteiger partial charge on any atom is -0.497 e. The van der Waals surface area contributed by atoms with Gasteiger partial charge in [-0.3, -0.25) is 9.69 Å². The van der Waals surface area contributed by atoms with Crippen molar-refractivity contribution in [2.75, 3.05) is 59.7 Å². The van der Waals surface area contributed by atoms with E-state index in [1.807, 2.05) is 71.6 Å². The number of fused-ring (bicyclic) bond motifs is 2. The molecular weight excluding hydrogens is 771 g/mol. The Kier molecular flexibility index (Phi) is 15.6. The van der Waals surface area contributed by atoms with Crippen LogP contribution in [0.3, 0.4) is 0 Å². The maximum atomic E-state index is 14.9. The van der Waals surface area contributed by atoms with Crippen molar-refractivity contribution >= 4 is 11.6 Å². The van der Waals surface area contributed by atoms with E-state index in [1.54, 1.807) is 13.2 Å². The molecule has 1 saturated carbocycles. The summed E-state index contributed by atoms with van der Waals surface area (Å²) in [6.45, 7) is 11.1. The Morgan fingerprint density at radius 1 is 0.984 bits per heavy atom. The highest BCUT2D eigenvalue weighted by atomic mass is 16.7. The first kappa shape index (κ1) is 44.4. The summed E-state index contributed by atoms with van der Waals surface area (Å²) in [7, 11) is 1.63. The molecule has 11 nitrogen and oxygen atoms in total. The van der Waals surface area contributed by atoms with E-state index in [2.05, 4.69) is 30.5 Å². The molecule has 6 atom stereocenters. The standard InChI is InChI=1S/C50H65N3O8/c1-4-22-53(47(56)31-37-16-13-18-39(30-37)57-3)46-34-44(51-60-35-36-14-7-6-8-15-36)42-32-38(17-9-11-26-54)41(19-10-12-27-55)48-43-33-40(58-29-25-52-23-24-52)20-21-45(43)61-50(46,49(42)48)59-28-5-2/h5-8,13-16,18,20-21,30,32-33,38,41,46,48-49,54-55H,2,4,9-12,17,19,22-29,31,34-35H2,1,3H3/t38-,41+,46-,48+,49+,50+/m0/s1. The van der Waals surface area contributed by atoms with E-state index < -0.39 is 11.8 Å². The van der Waals surface area contributed by atoms with Crippen LogP contribution in [0.1, 0.15) is 80.9 Å². The van der Waals surface area contributed by atoms with Crippen LogP contribution < -0.4 is 14.2 Å². The first-order valence-electron chi connectivity index (χ1n) is 22.4. The highest BCUT2D eigenvalue weighted by molar-refractivity contribution is 6.03. The SMILES string of the molecule is C=CCO[C@@]12Oc3ccc(OCCN4CC4)cc3[C@H]3[C@H](CCCCO)[C@@H](CCCCO)C=C(C(=NOCc4ccccc4)C[C@@H]1N(CCC)C(=O)Cc1cccc(OC)c1)[C@H]32. The number of ether oxygens (including phenoxy) is 4. The lowest BCUT2D eigenvalue weighted by Gasteiger charge is -2.60. The summed E-state index contributed by atoms with van der Waals surface area (Å²) in [6, 6.07) is 23.3. The molecule has 0 unspecified atom stereocenters. The van der Waals surface area contributed by atoms with Crippen LogP contribution in [0.15, 0.2) is 102 Å². The first-order valence-corrected chi connectivity index (χ1v) is 22.4. The van der Waals surface area contributed by atoms with Crippen molar-refractivity contribution in [1.29, 1.82) is 0 Å². The summed E-state index contributed by atoms with van der Waals surface area (Å²) in [6.07, 6.45) is 10.2. The average Bonchev–Trinajstić information content (AvgIpc) is 4.11. The van der Waals surface area contributed by atoms with Crippen molar-refractivity contribution in [1.82, 2.24) is 9.80 Å². The third kappa shape index (κ3) is 10.5. The largest absolute Gasteiger partial charge is 0.497 e. The van der Waals surface area contributed by atoms with E-state index in [0.29, 0.717) is 50.5 Å². The van der Waals surface area contributed by atoms with E-state index >= 15 is 0 Å². The van der Waals surface area contributed by atoms with Crippen LogP contribution in [-0.4, -0.2) is 103 Å². The molecule has 2 heterocycles. The van der Waals surface area contributed by atoms with Gasteiger partial charge in [0.05, 0.1) is 31.8 Å². The molecule has 11 heteroatoms. The second-order valence-corrected chi connectivity index (χ2v) is 16.8. The molecule has 4 aliphatic rings. The molecule has 0 spiro atoms. The van der Waals surface area contributed by atoms with Gasteiger partial charge in [0.15, 0.2) is 0 Å². The number of benzene rings is 3. The Hall–Kier alpha value is -4.68. The Morgan fingerprint density at radius 3 is 2.51 bits per heavy atom. The predicted octanol–water partition coefficient (Wildman–Crippen LogP) is 7.70. The lowest BCUT2D eigenvalue weighted by molar-refractivity contribution is -0.257. The summed E-state index contributed by atoms with van der Waals surface area (Å²) in [5, 5.41) is 24.9. The van der Waals surface area contributed by atoms with Gasteiger partial charge in [0.25, 0.3) is 0 Å². The molecular formula is C50H65N3O8. The van der Waals surface area contributed by atoms with Crippen molar-refractivity contribution in [2.45, 2.75) is 89.1 Å². The molecule has 61 heavy (non-hydrogen) atoms. The van der Waals surface area contributed by atoms with Crippen LogP contribution in [0.4, 0.5) is 0 Å². The number of allylic oxidation sites excluding steroid dienone is 1. The summed E-state index contributed by atoms with van der Waals surface area (Å²) in [5.74, 6) is 0.589. The topological polar surface area (TPSA) is 122 Å². The Balaban J connectivity index is 1.40. The van der Waals surface area contributed by atoms with E-state index in [9.17, 15) is 15.0 Å². The molecule has 0 bridgehead atoms. The molecule has 2 aliphatic heterocycles. The van der Waals surface area contributed by atoms with Gasteiger partial charge in [0, 0.05) is 57.3 Å². The molecule has 2 fully saturated rings.